The molecule has 1 saturated heterocycles. The molecule has 1 aromatic carbocycles. The third-order valence-corrected chi connectivity index (χ3v) is 4.82. The Bertz CT molecular complexity index is 822. The lowest BCUT2D eigenvalue weighted by atomic mass is 10.2. The Morgan fingerprint density at radius 3 is 2.61 bits per heavy atom. The van der Waals surface area contributed by atoms with Crippen LogP contribution in [-0.2, 0) is 11.3 Å². The molecular formula is C20H24ClN5O2. The highest BCUT2D eigenvalue weighted by molar-refractivity contribution is 6.30. The number of benzene rings is 1. The van der Waals surface area contributed by atoms with E-state index in [1.165, 1.54) is 0 Å². The number of piperazine rings is 1. The summed E-state index contributed by atoms with van der Waals surface area (Å²) in [5, 5.41) is 3.83. The van der Waals surface area contributed by atoms with Crippen LogP contribution in [0.2, 0.25) is 5.02 Å². The van der Waals surface area contributed by atoms with Crippen LogP contribution in [0.5, 0.6) is 0 Å². The van der Waals surface area contributed by atoms with Crippen molar-refractivity contribution in [2.24, 2.45) is 0 Å². The highest BCUT2D eigenvalue weighted by atomic mass is 35.5. The largest absolute Gasteiger partial charge is 0.340 e. The van der Waals surface area contributed by atoms with Gasteiger partial charge >= 0.3 is 0 Å². The lowest BCUT2D eigenvalue weighted by molar-refractivity contribution is -0.132. The Labute approximate surface area is 169 Å². The smallest absolute Gasteiger partial charge is 0.291 e. The summed E-state index contributed by atoms with van der Waals surface area (Å²) in [6.07, 6.45) is 3.49. The molecule has 2 heterocycles. The van der Waals surface area contributed by atoms with Crippen molar-refractivity contribution in [1.82, 2.24) is 25.1 Å². The van der Waals surface area contributed by atoms with E-state index < -0.39 is 0 Å². The number of nitrogens with zero attached hydrogens (tertiary/aromatic N) is 4. The first-order valence-corrected chi connectivity index (χ1v) is 9.71. The fourth-order valence-electron chi connectivity index (χ4n) is 3.06. The predicted octanol–water partition coefficient (Wildman–Crippen LogP) is 1.90. The van der Waals surface area contributed by atoms with Gasteiger partial charge in [-0.05, 0) is 30.2 Å². The number of aryl methyl sites for hydroxylation is 1. The van der Waals surface area contributed by atoms with Gasteiger partial charge in [-0.2, -0.15) is 0 Å². The van der Waals surface area contributed by atoms with Gasteiger partial charge in [0.2, 0.25) is 11.7 Å². The monoisotopic (exact) mass is 401 g/mol. The van der Waals surface area contributed by atoms with Crippen LogP contribution >= 0.6 is 11.6 Å². The second-order valence-electron chi connectivity index (χ2n) is 6.82. The number of carbonyl (C=O) groups is 2. The minimum atomic E-state index is -0.298. The average Bonchev–Trinajstić information content (AvgIpc) is 2.71. The molecule has 1 N–H and O–H groups in total. The Balaban J connectivity index is 1.72. The summed E-state index contributed by atoms with van der Waals surface area (Å²) in [6, 6.07) is 7.35. The van der Waals surface area contributed by atoms with Crippen LogP contribution in [-0.4, -0.2) is 64.3 Å². The van der Waals surface area contributed by atoms with Crippen LogP contribution in [0.25, 0.3) is 0 Å². The van der Waals surface area contributed by atoms with E-state index in [0.717, 1.165) is 24.2 Å². The topological polar surface area (TPSA) is 78.4 Å². The zero-order valence-electron chi connectivity index (χ0n) is 15.9. The standard InChI is InChI=1S/C20H24ClN5O2/c1-15-12-23-19(24-13-15)20(28)26(14-16-3-2-4-17(21)11-16)8-5-18(27)25-9-6-22-7-10-25/h2-4,11-13,22H,5-10,14H2,1H3. The molecule has 148 valence electrons. The molecular weight excluding hydrogens is 378 g/mol. The van der Waals surface area contributed by atoms with Gasteiger partial charge in [0.1, 0.15) is 0 Å². The molecule has 0 atom stereocenters. The van der Waals surface area contributed by atoms with Crippen LogP contribution in [0.3, 0.4) is 0 Å². The van der Waals surface area contributed by atoms with Gasteiger partial charge in [-0.15, -0.1) is 0 Å². The molecule has 3 rings (SSSR count). The number of rotatable bonds is 6. The molecule has 1 fully saturated rings. The molecule has 1 aliphatic rings. The van der Waals surface area contributed by atoms with Crippen molar-refractivity contribution in [3.8, 4) is 0 Å². The minimum Gasteiger partial charge on any atom is -0.340 e. The highest BCUT2D eigenvalue weighted by Gasteiger charge is 2.22. The summed E-state index contributed by atoms with van der Waals surface area (Å²) in [4.78, 5) is 37.2. The molecule has 0 unspecified atom stereocenters. The van der Waals surface area contributed by atoms with Crippen LogP contribution in [0.4, 0.5) is 0 Å². The van der Waals surface area contributed by atoms with Gasteiger partial charge in [0.15, 0.2) is 0 Å². The quantitative estimate of drug-likeness (QED) is 0.799. The van der Waals surface area contributed by atoms with Gasteiger partial charge in [-0.25, -0.2) is 9.97 Å². The molecule has 1 aromatic heterocycles. The molecule has 0 radical (unpaired) electrons. The Hall–Kier alpha value is -2.51. The molecule has 7 nitrogen and oxygen atoms in total. The molecule has 2 aromatic rings. The Morgan fingerprint density at radius 2 is 1.93 bits per heavy atom. The first-order valence-electron chi connectivity index (χ1n) is 9.34. The second-order valence-corrected chi connectivity index (χ2v) is 7.26. The number of carbonyl (C=O) groups excluding carboxylic acids is 2. The van der Waals surface area contributed by atoms with E-state index in [4.69, 9.17) is 11.6 Å². The predicted molar refractivity (Wildman–Crippen MR) is 107 cm³/mol. The van der Waals surface area contributed by atoms with Gasteiger partial charge in [0.25, 0.3) is 5.91 Å². The first kappa shape index (κ1) is 20.2. The highest BCUT2D eigenvalue weighted by Crippen LogP contribution is 2.14. The third-order valence-electron chi connectivity index (χ3n) is 4.59. The number of aromatic nitrogens is 2. The maximum atomic E-state index is 13.0. The van der Waals surface area contributed by atoms with Crippen molar-refractivity contribution in [2.45, 2.75) is 19.9 Å². The van der Waals surface area contributed by atoms with Gasteiger partial charge < -0.3 is 15.1 Å². The van der Waals surface area contributed by atoms with E-state index in [1.54, 1.807) is 23.4 Å². The fourth-order valence-corrected chi connectivity index (χ4v) is 3.27. The van der Waals surface area contributed by atoms with Crippen molar-refractivity contribution in [3.05, 3.63) is 58.6 Å². The van der Waals surface area contributed by atoms with E-state index in [9.17, 15) is 9.59 Å². The molecule has 8 heteroatoms. The summed E-state index contributed by atoms with van der Waals surface area (Å²) in [7, 11) is 0. The number of hydrogen-bond acceptors (Lipinski definition) is 5. The zero-order valence-corrected chi connectivity index (χ0v) is 16.7. The number of nitrogens with one attached hydrogen (secondary N) is 1. The lowest BCUT2D eigenvalue weighted by Gasteiger charge is -2.29. The van der Waals surface area contributed by atoms with E-state index in [1.807, 2.05) is 30.0 Å². The second kappa shape index (κ2) is 9.61. The molecule has 1 aliphatic heterocycles. The van der Waals surface area contributed by atoms with Crippen molar-refractivity contribution in [2.75, 3.05) is 32.7 Å². The zero-order chi connectivity index (χ0) is 19.9. The average molecular weight is 402 g/mol. The van der Waals surface area contributed by atoms with E-state index in [2.05, 4.69) is 15.3 Å². The minimum absolute atomic E-state index is 0.0511. The van der Waals surface area contributed by atoms with Crippen molar-refractivity contribution in [1.29, 1.82) is 0 Å². The Kier molecular flexibility index (Phi) is 6.95. The first-order chi connectivity index (χ1) is 13.5. The maximum absolute atomic E-state index is 13.0. The number of halogens is 1. The summed E-state index contributed by atoms with van der Waals surface area (Å²) in [6.45, 7) is 5.49. The van der Waals surface area contributed by atoms with Crippen molar-refractivity contribution in [3.63, 3.8) is 0 Å². The maximum Gasteiger partial charge on any atom is 0.291 e. The van der Waals surface area contributed by atoms with Gasteiger partial charge in [0, 0.05) is 63.1 Å². The molecule has 2 amide bonds. The van der Waals surface area contributed by atoms with Gasteiger partial charge in [0.05, 0.1) is 0 Å². The Morgan fingerprint density at radius 1 is 1.21 bits per heavy atom. The van der Waals surface area contributed by atoms with E-state index >= 15 is 0 Å². The van der Waals surface area contributed by atoms with Crippen LogP contribution in [0.1, 0.15) is 28.2 Å². The number of amides is 2. The summed E-state index contributed by atoms with van der Waals surface area (Å²) in [5.74, 6) is -0.120. The summed E-state index contributed by atoms with van der Waals surface area (Å²) < 4.78 is 0. The molecule has 0 bridgehead atoms. The van der Waals surface area contributed by atoms with Crippen LogP contribution < -0.4 is 5.32 Å². The summed E-state index contributed by atoms with van der Waals surface area (Å²) >= 11 is 6.08. The fraction of sp³-hybridized carbons (Fsp3) is 0.400. The normalized spacial score (nSPS) is 14.0. The lowest BCUT2D eigenvalue weighted by Crippen LogP contribution is -2.47. The SMILES string of the molecule is Cc1cnc(C(=O)N(CCC(=O)N2CCNCC2)Cc2cccc(Cl)c2)nc1. The van der Waals surface area contributed by atoms with Crippen molar-refractivity contribution >= 4 is 23.4 Å². The van der Waals surface area contributed by atoms with Gasteiger partial charge in [-0.1, -0.05) is 23.7 Å². The third kappa shape index (κ3) is 5.50. The van der Waals surface area contributed by atoms with Crippen LogP contribution in [0.15, 0.2) is 36.7 Å². The van der Waals surface area contributed by atoms with E-state index in [0.29, 0.717) is 31.2 Å². The molecule has 28 heavy (non-hydrogen) atoms. The van der Waals surface area contributed by atoms with E-state index in [-0.39, 0.29) is 24.1 Å². The van der Waals surface area contributed by atoms with Crippen molar-refractivity contribution < 1.29 is 9.59 Å². The molecule has 0 saturated carbocycles. The number of hydrogen-bond donors (Lipinski definition) is 1. The molecule has 0 spiro atoms. The van der Waals surface area contributed by atoms with Crippen LogP contribution in [0, 0.1) is 6.92 Å². The summed E-state index contributed by atoms with van der Waals surface area (Å²) in [5.41, 5.74) is 1.77. The van der Waals surface area contributed by atoms with Gasteiger partial charge in [-0.3, -0.25) is 9.59 Å². The molecule has 0 aliphatic carbocycles.